The first kappa shape index (κ1) is 9.66. The van der Waals surface area contributed by atoms with Gasteiger partial charge in [-0.15, -0.1) is 5.10 Å². The Morgan fingerprint density at radius 2 is 2.18 bits per heavy atom. The fourth-order valence-electron chi connectivity index (χ4n) is 1.80. The first-order chi connectivity index (χ1) is 8.29. The highest BCUT2D eigenvalue weighted by Crippen LogP contribution is 2.36. The SMILES string of the molecule is Cn1nnc(C#N)c1-c1ccc2c(c1)OCO2. The van der Waals surface area contributed by atoms with Crippen molar-refractivity contribution < 1.29 is 9.47 Å². The summed E-state index contributed by atoms with van der Waals surface area (Å²) < 4.78 is 12.1. The molecule has 2 aromatic rings. The summed E-state index contributed by atoms with van der Waals surface area (Å²) in [5.41, 5.74) is 1.80. The molecule has 1 aliphatic rings. The van der Waals surface area contributed by atoms with Gasteiger partial charge >= 0.3 is 0 Å². The summed E-state index contributed by atoms with van der Waals surface area (Å²) in [5.74, 6) is 1.38. The van der Waals surface area contributed by atoms with Crippen LogP contribution >= 0.6 is 0 Å². The van der Waals surface area contributed by atoms with Crippen molar-refractivity contribution in [2.45, 2.75) is 0 Å². The van der Waals surface area contributed by atoms with Crippen LogP contribution in [0.25, 0.3) is 11.3 Å². The summed E-state index contributed by atoms with van der Waals surface area (Å²) in [6.45, 7) is 0.230. The van der Waals surface area contributed by atoms with Crippen molar-refractivity contribution in [1.29, 1.82) is 5.26 Å². The van der Waals surface area contributed by atoms with E-state index in [4.69, 9.17) is 14.7 Å². The Morgan fingerprint density at radius 1 is 1.35 bits per heavy atom. The van der Waals surface area contributed by atoms with Gasteiger partial charge in [0.05, 0.1) is 0 Å². The molecule has 0 amide bonds. The maximum Gasteiger partial charge on any atom is 0.231 e. The highest BCUT2D eigenvalue weighted by atomic mass is 16.7. The Labute approximate surface area is 97.0 Å². The number of aryl methyl sites for hydroxylation is 1. The van der Waals surface area contributed by atoms with Gasteiger partial charge in [0, 0.05) is 12.6 Å². The van der Waals surface area contributed by atoms with E-state index in [9.17, 15) is 0 Å². The molecule has 0 N–H and O–H groups in total. The van der Waals surface area contributed by atoms with Crippen molar-refractivity contribution in [1.82, 2.24) is 15.0 Å². The van der Waals surface area contributed by atoms with Gasteiger partial charge in [0.1, 0.15) is 11.8 Å². The third-order valence-corrected chi connectivity index (χ3v) is 2.58. The van der Waals surface area contributed by atoms with Crippen molar-refractivity contribution in [3.63, 3.8) is 0 Å². The predicted octanol–water partition coefficient (Wildman–Crippen LogP) is 1.08. The van der Waals surface area contributed by atoms with E-state index >= 15 is 0 Å². The van der Waals surface area contributed by atoms with E-state index in [0.29, 0.717) is 22.9 Å². The molecule has 0 bridgehead atoms. The lowest BCUT2D eigenvalue weighted by Gasteiger charge is -2.02. The van der Waals surface area contributed by atoms with Crippen LogP contribution in [0.1, 0.15) is 5.69 Å². The molecule has 1 aromatic carbocycles. The van der Waals surface area contributed by atoms with Gasteiger partial charge in [0.25, 0.3) is 0 Å². The molecule has 6 heteroatoms. The van der Waals surface area contributed by atoms with Gasteiger partial charge in [-0.05, 0) is 18.2 Å². The van der Waals surface area contributed by atoms with E-state index in [1.54, 1.807) is 11.7 Å². The van der Waals surface area contributed by atoms with Gasteiger partial charge < -0.3 is 9.47 Å². The lowest BCUT2D eigenvalue weighted by Crippen LogP contribution is -1.94. The van der Waals surface area contributed by atoms with E-state index in [2.05, 4.69) is 10.3 Å². The minimum Gasteiger partial charge on any atom is -0.454 e. The second kappa shape index (κ2) is 3.49. The van der Waals surface area contributed by atoms with Gasteiger partial charge in [-0.25, -0.2) is 4.68 Å². The summed E-state index contributed by atoms with van der Waals surface area (Å²) in [4.78, 5) is 0. The lowest BCUT2D eigenvalue weighted by molar-refractivity contribution is 0.174. The van der Waals surface area contributed by atoms with Crippen molar-refractivity contribution in [3.05, 3.63) is 23.9 Å². The summed E-state index contributed by atoms with van der Waals surface area (Å²) in [6, 6.07) is 7.50. The molecule has 0 fully saturated rings. The molecule has 2 heterocycles. The molecule has 1 aliphatic heterocycles. The van der Waals surface area contributed by atoms with E-state index in [1.165, 1.54) is 0 Å². The molecule has 0 unspecified atom stereocenters. The quantitative estimate of drug-likeness (QED) is 0.730. The number of nitriles is 1. The van der Waals surface area contributed by atoms with Crippen molar-refractivity contribution in [2.24, 2.45) is 7.05 Å². The standard InChI is InChI=1S/C11H8N4O2/c1-15-11(8(5-12)13-14-15)7-2-3-9-10(4-7)17-6-16-9/h2-4H,6H2,1H3. The summed E-state index contributed by atoms with van der Waals surface area (Å²) >= 11 is 0. The molecule has 0 saturated heterocycles. The Kier molecular flexibility index (Phi) is 1.98. The molecule has 0 spiro atoms. The van der Waals surface area contributed by atoms with Gasteiger partial charge in [-0.3, -0.25) is 0 Å². The molecular formula is C11H8N4O2. The van der Waals surface area contributed by atoms with Crippen LogP contribution < -0.4 is 9.47 Å². The Bertz CT molecular complexity index is 627. The molecule has 6 nitrogen and oxygen atoms in total. The largest absolute Gasteiger partial charge is 0.454 e. The van der Waals surface area contributed by atoms with Gasteiger partial charge in [-0.2, -0.15) is 5.26 Å². The predicted molar refractivity (Wildman–Crippen MR) is 57.3 cm³/mol. The number of aromatic nitrogens is 3. The maximum absolute atomic E-state index is 8.96. The lowest BCUT2D eigenvalue weighted by atomic mass is 10.1. The molecule has 0 saturated carbocycles. The molecule has 17 heavy (non-hydrogen) atoms. The Morgan fingerprint density at radius 3 is 3.00 bits per heavy atom. The number of hydrogen-bond donors (Lipinski definition) is 0. The van der Waals surface area contributed by atoms with Crippen LogP contribution in [0.5, 0.6) is 11.5 Å². The van der Waals surface area contributed by atoms with Crippen molar-refractivity contribution in [2.75, 3.05) is 6.79 Å². The van der Waals surface area contributed by atoms with Crippen LogP contribution in [-0.4, -0.2) is 21.8 Å². The Hall–Kier alpha value is -2.55. The van der Waals surface area contributed by atoms with Gasteiger partial charge in [0.15, 0.2) is 17.2 Å². The zero-order valence-corrected chi connectivity index (χ0v) is 9.04. The normalized spacial score (nSPS) is 12.5. The summed E-state index contributed by atoms with van der Waals surface area (Å²) in [7, 11) is 1.74. The maximum atomic E-state index is 8.96. The van der Waals surface area contributed by atoms with Crippen LogP contribution in [0.15, 0.2) is 18.2 Å². The monoisotopic (exact) mass is 228 g/mol. The van der Waals surface area contributed by atoms with E-state index in [1.807, 2.05) is 24.3 Å². The number of nitrogens with zero attached hydrogens (tertiary/aromatic N) is 4. The molecule has 0 aliphatic carbocycles. The van der Waals surface area contributed by atoms with Crippen LogP contribution in [-0.2, 0) is 7.05 Å². The number of ether oxygens (including phenoxy) is 2. The molecule has 0 atom stereocenters. The smallest absolute Gasteiger partial charge is 0.231 e. The number of rotatable bonds is 1. The van der Waals surface area contributed by atoms with E-state index in [-0.39, 0.29) is 6.79 Å². The second-order valence-corrected chi connectivity index (χ2v) is 3.59. The fourth-order valence-corrected chi connectivity index (χ4v) is 1.80. The zero-order chi connectivity index (χ0) is 11.8. The van der Waals surface area contributed by atoms with E-state index in [0.717, 1.165) is 5.56 Å². The molecule has 1 aromatic heterocycles. The third kappa shape index (κ3) is 1.40. The number of hydrogen-bond acceptors (Lipinski definition) is 5. The average molecular weight is 228 g/mol. The minimum atomic E-state index is 0.230. The minimum absolute atomic E-state index is 0.230. The Balaban J connectivity index is 2.16. The highest BCUT2D eigenvalue weighted by Gasteiger charge is 2.18. The topological polar surface area (TPSA) is 73.0 Å². The molecule has 0 radical (unpaired) electrons. The summed E-state index contributed by atoms with van der Waals surface area (Å²) in [6.07, 6.45) is 0. The van der Waals surface area contributed by atoms with Crippen molar-refractivity contribution >= 4 is 0 Å². The highest BCUT2D eigenvalue weighted by molar-refractivity contribution is 5.68. The fraction of sp³-hybridized carbons (Fsp3) is 0.182. The van der Waals surface area contributed by atoms with E-state index < -0.39 is 0 Å². The van der Waals surface area contributed by atoms with Crippen molar-refractivity contribution in [3.8, 4) is 28.8 Å². The van der Waals surface area contributed by atoms with Crippen LogP contribution in [0.3, 0.4) is 0 Å². The molecule has 84 valence electrons. The van der Waals surface area contributed by atoms with Crippen LogP contribution in [0.4, 0.5) is 0 Å². The molecule has 3 rings (SSSR count). The first-order valence-electron chi connectivity index (χ1n) is 4.99. The first-order valence-corrected chi connectivity index (χ1v) is 4.99. The zero-order valence-electron chi connectivity index (χ0n) is 9.04. The number of fused-ring (bicyclic) bond motifs is 1. The number of benzene rings is 1. The second-order valence-electron chi connectivity index (χ2n) is 3.59. The van der Waals surface area contributed by atoms with Crippen LogP contribution in [0, 0.1) is 11.3 Å². The van der Waals surface area contributed by atoms with Gasteiger partial charge in [-0.1, -0.05) is 5.21 Å². The average Bonchev–Trinajstić information content (AvgIpc) is 2.93. The van der Waals surface area contributed by atoms with Crippen LogP contribution in [0.2, 0.25) is 0 Å². The van der Waals surface area contributed by atoms with Gasteiger partial charge in [0.2, 0.25) is 6.79 Å². The molecular weight excluding hydrogens is 220 g/mol. The third-order valence-electron chi connectivity index (χ3n) is 2.58. The summed E-state index contributed by atoms with van der Waals surface area (Å²) in [5, 5.41) is 16.6.